The lowest BCUT2D eigenvalue weighted by Gasteiger charge is -2.21. The normalized spacial score (nSPS) is 24.4. The number of benzene rings is 1. The maximum Gasteiger partial charge on any atom is 0.282 e. The van der Waals surface area contributed by atoms with Crippen LogP contribution in [0.5, 0.6) is 0 Å². The Bertz CT molecular complexity index is 605. The number of hydrogen-bond donors (Lipinski definition) is 1. The summed E-state index contributed by atoms with van der Waals surface area (Å²) in [5.41, 5.74) is 0.864. The smallest absolute Gasteiger partial charge is 0.282 e. The van der Waals surface area contributed by atoms with Crippen molar-refractivity contribution in [3.05, 3.63) is 33.9 Å². The third kappa shape index (κ3) is 2.52. The van der Waals surface area contributed by atoms with Crippen LogP contribution in [0.4, 0.5) is 11.4 Å². The molecule has 7 heteroatoms. The molecule has 0 saturated carbocycles. The standard InChI is InChI=1S/C15H20N4O3/c1-16-15(20)13-5-12(3-4-14(13)19(21)22)18-8-10-6-17(2)7-11(10)9-18/h3-5,10-11H,6-9H2,1-2H3,(H,16,20). The Labute approximate surface area is 129 Å². The van der Waals surface area contributed by atoms with E-state index in [1.165, 1.54) is 13.1 Å². The van der Waals surface area contributed by atoms with Crippen LogP contribution in [0, 0.1) is 22.0 Å². The summed E-state index contributed by atoms with van der Waals surface area (Å²) in [6.45, 7) is 4.08. The van der Waals surface area contributed by atoms with Crippen LogP contribution in [0.25, 0.3) is 0 Å². The molecule has 0 bridgehead atoms. The topological polar surface area (TPSA) is 78.7 Å². The van der Waals surface area contributed by atoms with E-state index in [1.807, 2.05) is 0 Å². The van der Waals surface area contributed by atoms with Crippen LogP contribution in [-0.4, -0.2) is 56.0 Å². The molecule has 3 rings (SSSR count). The number of carbonyl (C=O) groups is 1. The second-order valence-corrected chi connectivity index (χ2v) is 6.18. The minimum Gasteiger partial charge on any atom is -0.371 e. The summed E-state index contributed by atoms with van der Waals surface area (Å²) in [6, 6.07) is 4.82. The summed E-state index contributed by atoms with van der Waals surface area (Å²) in [5, 5.41) is 13.5. The van der Waals surface area contributed by atoms with Crippen molar-refractivity contribution in [3.8, 4) is 0 Å². The molecule has 2 aliphatic heterocycles. The number of anilines is 1. The first kappa shape index (κ1) is 14.8. The Morgan fingerprint density at radius 1 is 1.27 bits per heavy atom. The number of carbonyl (C=O) groups excluding carboxylic acids is 1. The van der Waals surface area contributed by atoms with Gasteiger partial charge in [0.25, 0.3) is 11.6 Å². The monoisotopic (exact) mass is 304 g/mol. The van der Waals surface area contributed by atoms with Gasteiger partial charge in [0.2, 0.25) is 0 Å². The molecule has 2 atom stereocenters. The van der Waals surface area contributed by atoms with E-state index in [2.05, 4.69) is 22.2 Å². The van der Waals surface area contributed by atoms with Crippen molar-refractivity contribution in [2.75, 3.05) is 45.2 Å². The number of amides is 1. The zero-order chi connectivity index (χ0) is 15.9. The Balaban J connectivity index is 1.86. The van der Waals surface area contributed by atoms with Crippen LogP contribution < -0.4 is 10.2 Å². The first-order valence-corrected chi connectivity index (χ1v) is 7.43. The molecule has 1 N–H and O–H groups in total. The zero-order valence-corrected chi connectivity index (χ0v) is 12.8. The molecule has 2 saturated heterocycles. The van der Waals surface area contributed by atoms with Crippen molar-refractivity contribution in [1.29, 1.82) is 0 Å². The van der Waals surface area contributed by atoms with Crippen LogP contribution in [0.3, 0.4) is 0 Å². The van der Waals surface area contributed by atoms with Crippen molar-refractivity contribution in [3.63, 3.8) is 0 Å². The van der Waals surface area contributed by atoms with Gasteiger partial charge in [-0.05, 0) is 31.0 Å². The van der Waals surface area contributed by atoms with Crippen LogP contribution in [0.1, 0.15) is 10.4 Å². The molecule has 22 heavy (non-hydrogen) atoms. The summed E-state index contributed by atoms with van der Waals surface area (Å²) in [5.74, 6) is 0.861. The highest BCUT2D eigenvalue weighted by Gasteiger charge is 2.39. The van der Waals surface area contributed by atoms with Gasteiger partial charge in [0.1, 0.15) is 5.56 Å². The van der Waals surface area contributed by atoms with Gasteiger partial charge in [-0.25, -0.2) is 0 Å². The fourth-order valence-electron chi connectivity index (χ4n) is 3.63. The Morgan fingerprint density at radius 3 is 2.45 bits per heavy atom. The minimum atomic E-state index is -0.512. The number of nitrogens with one attached hydrogen (secondary N) is 1. The van der Waals surface area contributed by atoms with Gasteiger partial charge in [0.15, 0.2) is 0 Å². The SMILES string of the molecule is CNC(=O)c1cc(N2CC3CN(C)CC3C2)ccc1[N+](=O)[O-]. The number of likely N-dealkylation sites (tertiary alicyclic amines) is 1. The molecule has 118 valence electrons. The van der Waals surface area contributed by atoms with Crippen molar-refractivity contribution < 1.29 is 9.72 Å². The van der Waals surface area contributed by atoms with Gasteiger partial charge in [0, 0.05) is 45.0 Å². The molecule has 1 aromatic carbocycles. The molecule has 0 spiro atoms. The van der Waals surface area contributed by atoms with Crippen LogP contribution in [0.15, 0.2) is 18.2 Å². The first-order valence-electron chi connectivity index (χ1n) is 7.43. The van der Waals surface area contributed by atoms with Gasteiger partial charge in [-0.3, -0.25) is 14.9 Å². The lowest BCUT2D eigenvalue weighted by molar-refractivity contribution is -0.385. The van der Waals surface area contributed by atoms with E-state index < -0.39 is 10.8 Å². The van der Waals surface area contributed by atoms with E-state index in [9.17, 15) is 14.9 Å². The van der Waals surface area contributed by atoms with Crippen LogP contribution in [-0.2, 0) is 0 Å². The summed E-state index contributed by atoms with van der Waals surface area (Å²) in [6.07, 6.45) is 0. The number of fused-ring (bicyclic) bond motifs is 1. The fraction of sp³-hybridized carbons (Fsp3) is 0.533. The fourth-order valence-corrected chi connectivity index (χ4v) is 3.63. The lowest BCUT2D eigenvalue weighted by Crippen LogP contribution is -2.27. The predicted molar refractivity (Wildman–Crippen MR) is 83.2 cm³/mol. The Kier molecular flexibility index (Phi) is 3.74. The lowest BCUT2D eigenvalue weighted by atomic mass is 10.0. The summed E-state index contributed by atoms with van der Waals surface area (Å²) < 4.78 is 0. The van der Waals surface area contributed by atoms with Crippen molar-refractivity contribution in [2.24, 2.45) is 11.8 Å². The quantitative estimate of drug-likeness (QED) is 0.664. The highest BCUT2D eigenvalue weighted by molar-refractivity contribution is 5.99. The maximum absolute atomic E-state index is 11.9. The van der Waals surface area contributed by atoms with E-state index in [0.717, 1.165) is 31.9 Å². The molecule has 7 nitrogen and oxygen atoms in total. The molecule has 0 aromatic heterocycles. The zero-order valence-electron chi connectivity index (χ0n) is 12.8. The van der Waals surface area contributed by atoms with Crippen molar-refractivity contribution in [2.45, 2.75) is 0 Å². The molecule has 0 aliphatic carbocycles. The van der Waals surface area contributed by atoms with Gasteiger partial charge >= 0.3 is 0 Å². The summed E-state index contributed by atoms with van der Waals surface area (Å²) in [4.78, 5) is 27.0. The van der Waals surface area contributed by atoms with Gasteiger partial charge in [-0.15, -0.1) is 0 Å². The van der Waals surface area contributed by atoms with Gasteiger partial charge in [-0.1, -0.05) is 0 Å². The number of nitro groups is 1. The molecule has 1 amide bonds. The van der Waals surface area contributed by atoms with Crippen molar-refractivity contribution in [1.82, 2.24) is 10.2 Å². The van der Waals surface area contributed by atoms with Crippen LogP contribution >= 0.6 is 0 Å². The van der Waals surface area contributed by atoms with Gasteiger partial charge in [-0.2, -0.15) is 0 Å². The number of hydrogen-bond acceptors (Lipinski definition) is 5. The molecule has 1 aromatic rings. The molecule has 2 heterocycles. The second-order valence-electron chi connectivity index (χ2n) is 6.18. The molecular weight excluding hydrogens is 284 g/mol. The average molecular weight is 304 g/mol. The number of nitro benzene ring substituents is 1. The van der Waals surface area contributed by atoms with E-state index in [-0.39, 0.29) is 11.3 Å². The van der Waals surface area contributed by atoms with Gasteiger partial charge < -0.3 is 15.1 Å². The molecule has 0 radical (unpaired) electrons. The first-order chi connectivity index (χ1) is 10.5. The van der Waals surface area contributed by atoms with Crippen molar-refractivity contribution >= 4 is 17.3 Å². The average Bonchev–Trinajstić information content (AvgIpc) is 3.02. The Morgan fingerprint density at radius 2 is 1.91 bits per heavy atom. The van der Waals surface area contributed by atoms with E-state index in [0.29, 0.717) is 11.8 Å². The highest BCUT2D eigenvalue weighted by atomic mass is 16.6. The highest BCUT2D eigenvalue weighted by Crippen LogP contribution is 2.34. The minimum absolute atomic E-state index is 0.124. The molecule has 2 aliphatic rings. The third-order valence-electron chi connectivity index (χ3n) is 4.68. The summed E-state index contributed by atoms with van der Waals surface area (Å²) >= 11 is 0. The second kappa shape index (κ2) is 5.57. The largest absolute Gasteiger partial charge is 0.371 e. The molecule has 2 unspecified atom stereocenters. The third-order valence-corrected chi connectivity index (χ3v) is 4.68. The Hall–Kier alpha value is -2.15. The van der Waals surface area contributed by atoms with E-state index in [1.54, 1.807) is 12.1 Å². The predicted octanol–water partition coefficient (Wildman–Crippen LogP) is 0.952. The number of rotatable bonds is 3. The van der Waals surface area contributed by atoms with E-state index >= 15 is 0 Å². The maximum atomic E-state index is 11.9. The van der Waals surface area contributed by atoms with E-state index in [4.69, 9.17) is 0 Å². The number of nitrogens with zero attached hydrogens (tertiary/aromatic N) is 3. The molecule has 2 fully saturated rings. The van der Waals surface area contributed by atoms with Gasteiger partial charge in [0.05, 0.1) is 4.92 Å². The molecular formula is C15H20N4O3. The summed E-state index contributed by atoms with van der Waals surface area (Å²) in [7, 11) is 3.62. The van der Waals surface area contributed by atoms with Crippen LogP contribution in [0.2, 0.25) is 0 Å².